The van der Waals surface area contributed by atoms with E-state index in [0.717, 1.165) is 47.4 Å². The summed E-state index contributed by atoms with van der Waals surface area (Å²) in [5.41, 5.74) is 6.65. The Morgan fingerprint density at radius 3 is 2.93 bits per heavy atom. The highest BCUT2D eigenvalue weighted by atomic mass is 19.1. The number of pyridine rings is 1. The first kappa shape index (κ1) is 16.2. The fourth-order valence-electron chi connectivity index (χ4n) is 4.13. The second-order valence-corrected chi connectivity index (χ2v) is 7.09. The number of nitrogens with zero attached hydrogens (tertiary/aromatic N) is 3. The van der Waals surface area contributed by atoms with Crippen LogP contribution < -0.4 is 0 Å². The van der Waals surface area contributed by atoms with Gasteiger partial charge in [0, 0.05) is 54.2 Å². The molecule has 4 aromatic rings. The number of benzene rings is 1. The summed E-state index contributed by atoms with van der Waals surface area (Å²) in [4.78, 5) is 17.9. The number of fused-ring (bicyclic) bond motifs is 2. The lowest BCUT2D eigenvalue weighted by atomic mass is 9.96. The molecule has 5 rings (SSSR count). The first-order valence-electron chi connectivity index (χ1n) is 9.13. The molecular formula is C21H20FN5. The van der Waals surface area contributed by atoms with Crippen LogP contribution in [0.1, 0.15) is 34.3 Å². The molecule has 4 heterocycles. The molecule has 0 fully saturated rings. The van der Waals surface area contributed by atoms with Crippen LogP contribution in [0.25, 0.3) is 10.9 Å². The number of aromatic amines is 2. The van der Waals surface area contributed by atoms with E-state index in [1.807, 2.05) is 18.5 Å². The molecule has 1 unspecified atom stereocenters. The van der Waals surface area contributed by atoms with Crippen LogP contribution in [0.3, 0.4) is 0 Å². The normalized spacial score (nSPS) is 17.3. The van der Waals surface area contributed by atoms with Crippen molar-refractivity contribution < 1.29 is 4.39 Å². The molecular weight excluding hydrogens is 341 g/mol. The van der Waals surface area contributed by atoms with E-state index < -0.39 is 0 Å². The van der Waals surface area contributed by atoms with Crippen molar-refractivity contribution in [2.45, 2.75) is 25.9 Å². The first-order valence-corrected chi connectivity index (χ1v) is 9.13. The second kappa shape index (κ2) is 6.32. The molecule has 1 aliphatic heterocycles. The number of nitrogens with one attached hydrogen (secondary N) is 2. The average Bonchev–Trinajstić information content (AvgIpc) is 3.28. The van der Waals surface area contributed by atoms with Gasteiger partial charge in [0.15, 0.2) is 0 Å². The third-order valence-electron chi connectivity index (χ3n) is 5.53. The standard InChI is InChI=1S/C21H20FN5/c1-13-16-10-15(22)2-3-17(16)26-19(13)11-27-9-6-18-20(25-12-24-18)21(27)14-4-7-23-8-5-14/h2-5,7-8,10,12,21,26H,6,9,11H2,1H3,(H,24,25). The van der Waals surface area contributed by atoms with Gasteiger partial charge in [0.05, 0.1) is 18.1 Å². The number of rotatable bonds is 3. The lowest BCUT2D eigenvalue weighted by Crippen LogP contribution is -2.36. The van der Waals surface area contributed by atoms with Gasteiger partial charge >= 0.3 is 0 Å². The zero-order valence-electron chi connectivity index (χ0n) is 15.0. The average molecular weight is 361 g/mol. The van der Waals surface area contributed by atoms with Gasteiger partial charge in [-0.15, -0.1) is 0 Å². The highest BCUT2D eigenvalue weighted by molar-refractivity contribution is 5.84. The molecule has 5 nitrogen and oxygen atoms in total. The molecule has 1 atom stereocenters. The fraction of sp³-hybridized carbons (Fsp3) is 0.238. The van der Waals surface area contributed by atoms with Gasteiger partial charge < -0.3 is 9.97 Å². The van der Waals surface area contributed by atoms with E-state index in [1.54, 1.807) is 12.4 Å². The van der Waals surface area contributed by atoms with Gasteiger partial charge in [0.1, 0.15) is 5.82 Å². The van der Waals surface area contributed by atoms with E-state index in [4.69, 9.17) is 0 Å². The van der Waals surface area contributed by atoms with Crippen LogP contribution in [-0.2, 0) is 13.0 Å². The van der Waals surface area contributed by atoms with Crippen LogP contribution in [0.15, 0.2) is 49.1 Å². The lowest BCUT2D eigenvalue weighted by Gasteiger charge is -2.35. The van der Waals surface area contributed by atoms with E-state index in [2.05, 4.69) is 43.9 Å². The van der Waals surface area contributed by atoms with E-state index in [-0.39, 0.29) is 11.9 Å². The molecule has 0 saturated carbocycles. The van der Waals surface area contributed by atoms with Gasteiger partial charge in [0.25, 0.3) is 0 Å². The van der Waals surface area contributed by atoms with Gasteiger partial charge in [-0.05, 0) is 48.4 Å². The summed E-state index contributed by atoms with van der Waals surface area (Å²) in [5, 5.41) is 0.947. The van der Waals surface area contributed by atoms with Crippen LogP contribution >= 0.6 is 0 Å². The molecule has 0 radical (unpaired) electrons. The molecule has 0 bridgehead atoms. The summed E-state index contributed by atoms with van der Waals surface area (Å²) in [7, 11) is 0. The maximum atomic E-state index is 13.7. The van der Waals surface area contributed by atoms with Crippen molar-refractivity contribution in [3.63, 3.8) is 0 Å². The van der Waals surface area contributed by atoms with Crippen molar-refractivity contribution in [3.8, 4) is 0 Å². The number of halogens is 1. The summed E-state index contributed by atoms with van der Waals surface area (Å²) in [6.45, 7) is 3.73. The third-order valence-corrected chi connectivity index (χ3v) is 5.53. The van der Waals surface area contributed by atoms with Crippen molar-refractivity contribution in [1.29, 1.82) is 0 Å². The summed E-state index contributed by atoms with van der Waals surface area (Å²) >= 11 is 0. The molecule has 1 aromatic carbocycles. The Kier molecular flexibility index (Phi) is 3.79. The van der Waals surface area contributed by atoms with Crippen molar-refractivity contribution in [2.24, 2.45) is 0 Å². The number of hydrogen-bond donors (Lipinski definition) is 2. The van der Waals surface area contributed by atoms with Crippen LogP contribution in [0.5, 0.6) is 0 Å². The van der Waals surface area contributed by atoms with Crippen LogP contribution in [-0.4, -0.2) is 31.4 Å². The minimum absolute atomic E-state index is 0.0746. The van der Waals surface area contributed by atoms with Gasteiger partial charge in [0.2, 0.25) is 0 Å². The monoisotopic (exact) mass is 361 g/mol. The molecule has 1 aliphatic rings. The number of aromatic nitrogens is 4. The molecule has 2 N–H and O–H groups in total. The van der Waals surface area contributed by atoms with Crippen molar-refractivity contribution in [2.75, 3.05) is 6.54 Å². The summed E-state index contributed by atoms with van der Waals surface area (Å²) in [6.07, 6.45) is 6.36. The minimum Gasteiger partial charge on any atom is -0.357 e. The number of hydrogen-bond acceptors (Lipinski definition) is 3. The maximum Gasteiger partial charge on any atom is 0.123 e. The largest absolute Gasteiger partial charge is 0.357 e. The van der Waals surface area contributed by atoms with Crippen molar-refractivity contribution in [3.05, 3.63) is 83.1 Å². The first-order chi connectivity index (χ1) is 13.2. The Bertz CT molecular complexity index is 1100. The lowest BCUT2D eigenvalue weighted by molar-refractivity contribution is 0.198. The van der Waals surface area contributed by atoms with E-state index in [9.17, 15) is 4.39 Å². The van der Waals surface area contributed by atoms with Crippen molar-refractivity contribution >= 4 is 10.9 Å². The Morgan fingerprint density at radius 1 is 1.22 bits per heavy atom. The predicted molar refractivity (Wildman–Crippen MR) is 102 cm³/mol. The summed E-state index contributed by atoms with van der Waals surface area (Å²) < 4.78 is 13.7. The Labute approximate surface area is 156 Å². The minimum atomic E-state index is -0.204. The number of imidazole rings is 1. The van der Waals surface area contributed by atoms with Crippen LogP contribution in [0, 0.1) is 12.7 Å². The van der Waals surface area contributed by atoms with Gasteiger partial charge in [-0.1, -0.05) is 0 Å². The van der Waals surface area contributed by atoms with Gasteiger partial charge in [-0.25, -0.2) is 9.37 Å². The Hall–Kier alpha value is -2.99. The molecule has 0 spiro atoms. The predicted octanol–water partition coefficient (Wildman–Crippen LogP) is 3.88. The number of H-pyrrole nitrogens is 2. The molecule has 0 aliphatic carbocycles. The SMILES string of the molecule is Cc1c(CN2CCc3[nH]cnc3C2c2ccncc2)[nH]c2ccc(F)cc12. The summed E-state index contributed by atoms with van der Waals surface area (Å²) in [5.74, 6) is -0.204. The smallest absolute Gasteiger partial charge is 0.123 e. The van der Waals surface area contributed by atoms with E-state index in [1.165, 1.54) is 17.3 Å². The van der Waals surface area contributed by atoms with Crippen LogP contribution in [0.4, 0.5) is 4.39 Å². The molecule has 27 heavy (non-hydrogen) atoms. The molecule has 0 amide bonds. The highest BCUT2D eigenvalue weighted by Crippen LogP contribution is 2.35. The van der Waals surface area contributed by atoms with E-state index >= 15 is 0 Å². The van der Waals surface area contributed by atoms with Gasteiger partial charge in [-0.3, -0.25) is 9.88 Å². The highest BCUT2D eigenvalue weighted by Gasteiger charge is 2.31. The van der Waals surface area contributed by atoms with Gasteiger partial charge in [-0.2, -0.15) is 0 Å². The Morgan fingerprint density at radius 2 is 2.07 bits per heavy atom. The zero-order chi connectivity index (χ0) is 18.4. The maximum absolute atomic E-state index is 13.7. The second-order valence-electron chi connectivity index (χ2n) is 7.09. The third kappa shape index (κ3) is 2.73. The topological polar surface area (TPSA) is 60.6 Å². The quantitative estimate of drug-likeness (QED) is 0.582. The van der Waals surface area contributed by atoms with E-state index in [0.29, 0.717) is 0 Å². The number of aryl methyl sites for hydroxylation is 1. The molecule has 0 saturated heterocycles. The Balaban J connectivity index is 1.55. The van der Waals surface area contributed by atoms with Crippen LogP contribution in [0.2, 0.25) is 0 Å². The molecule has 136 valence electrons. The van der Waals surface area contributed by atoms with Crippen molar-refractivity contribution in [1.82, 2.24) is 24.8 Å². The molecule has 3 aromatic heterocycles. The zero-order valence-corrected chi connectivity index (χ0v) is 15.0. The fourth-order valence-corrected chi connectivity index (χ4v) is 4.13. The summed E-state index contributed by atoms with van der Waals surface area (Å²) in [6, 6.07) is 9.09. The molecule has 6 heteroatoms.